The smallest absolute Gasteiger partial charge is 0.126 e. The second-order valence-electron chi connectivity index (χ2n) is 3.93. The predicted octanol–water partition coefficient (Wildman–Crippen LogP) is 1.19. The fourth-order valence-electron chi connectivity index (χ4n) is 1.68. The number of hydrogen-bond acceptors (Lipinski definition) is 4. The summed E-state index contributed by atoms with van der Waals surface area (Å²) in [6.45, 7) is 2.12. The molecular formula is C12H18FNO3. The van der Waals surface area contributed by atoms with Gasteiger partial charge in [-0.3, -0.25) is 0 Å². The van der Waals surface area contributed by atoms with Gasteiger partial charge in [0.05, 0.1) is 19.3 Å². The maximum Gasteiger partial charge on any atom is 0.126 e. The Morgan fingerprint density at radius 3 is 2.71 bits per heavy atom. The molecule has 3 N–H and O–H groups in total. The van der Waals surface area contributed by atoms with Crippen LogP contribution in [0.1, 0.15) is 18.5 Å². The Kier molecular flexibility index (Phi) is 5.34. The van der Waals surface area contributed by atoms with E-state index in [4.69, 9.17) is 9.84 Å². The van der Waals surface area contributed by atoms with E-state index in [2.05, 4.69) is 5.32 Å². The Labute approximate surface area is 100 Å². The van der Waals surface area contributed by atoms with Gasteiger partial charge in [0.15, 0.2) is 0 Å². The van der Waals surface area contributed by atoms with Gasteiger partial charge in [-0.25, -0.2) is 4.39 Å². The van der Waals surface area contributed by atoms with E-state index in [1.807, 2.05) is 6.92 Å². The molecule has 0 heterocycles. The standard InChI is InChI=1S/C12H18FNO3/c1-8(14-10(6-15)7-17-2)11-4-3-9(13)5-12(11)16/h3-5,8,10,14-16H,6-7H2,1-2H3. The van der Waals surface area contributed by atoms with E-state index in [0.29, 0.717) is 12.2 Å². The maximum absolute atomic E-state index is 12.8. The molecule has 2 unspecified atom stereocenters. The first-order valence-corrected chi connectivity index (χ1v) is 5.42. The fraction of sp³-hybridized carbons (Fsp3) is 0.500. The third kappa shape index (κ3) is 3.96. The van der Waals surface area contributed by atoms with Crippen LogP contribution in [0.15, 0.2) is 18.2 Å². The summed E-state index contributed by atoms with van der Waals surface area (Å²) in [4.78, 5) is 0. The molecule has 5 heteroatoms. The summed E-state index contributed by atoms with van der Waals surface area (Å²) in [5.74, 6) is -0.576. The minimum absolute atomic E-state index is 0.0693. The van der Waals surface area contributed by atoms with E-state index >= 15 is 0 Å². The van der Waals surface area contributed by atoms with Crippen molar-refractivity contribution >= 4 is 0 Å². The SMILES string of the molecule is COCC(CO)NC(C)c1ccc(F)cc1O. The molecule has 0 saturated carbocycles. The molecule has 1 aromatic carbocycles. The number of hydrogen-bond donors (Lipinski definition) is 3. The van der Waals surface area contributed by atoms with Crippen LogP contribution in [0.3, 0.4) is 0 Å². The lowest BCUT2D eigenvalue weighted by Crippen LogP contribution is -2.38. The molecule has 2 atom stereocenters. The number of rotatable bonds is 6. The molecule has 0 saturated heterocycles. The quantitative estimate of drug-likeness (QED) is 0.702. The van der Waals surface area contributed by atoms with E-state index in [9.17, 15) is 9.50 Å². The van der Waals surface area contributed by atoms with E-state index < -0.39 is 5.82 Å². The van der Waals surface area contributed by atoms with Gasteiger partial charge in [-0.05, 0) is 13.0 Å². The monoisotopic (exact) mass is 243 g/mol. The summed E-state index contributed by atoms with van der Waals surface area (Å²) in [6.07, 6.45) is 0. The zero-order valence-electron chi connectivity index (χ0n) is 9.98. The zero-order chi connectivity index (χ0) is 12.8. The van der Waals surface area contributed by atoms with Crippen molar-refractivity contribution in [1.82, 2.24) is 5.32 Å². The number of aromatic hydroxyl groups is 1. The summed E-state index contributed by atoms with van der Waals surface area (Å²) >= 11 is 0. The van der Waals surface area contributed by atoms with Gasteiger partial charge in [0.2, 0.25) is 0 Å². The van der Waals surface area contributed by atoms with E-state index in [1.54, 1.807) is 7.11 Å². The molecule has 0 aliphatic carbocycles. The van der Waals surface area contributed by atoms with Crippen molar-refractivity contribution in [2.45, 2.75) is 19.0 Å². The Bertz CT molecular complexity index is 360. The van der Waals surface area contributed by atoms with Crippen LogP contribution >= 0.6 is 0 Å². The summed E-state index contributed by atoms with van der Waals surface area (Å²) in [7, 11) is 1.55. The molecule has 1 rings (SSSR count). The van der Waals surface area contributed by atoms with E-state index in [1.165, 1.54) is 12.1 Å². The van der Waals surface area contributed by atoms with Gasteiger partial charge >= 0.3 is 0 Å². The summed E-state index contributed by atoms with van der Waals surface area (Å²) in [5.41, 5.74) is 0.584. The second-order valence-corrected chi connectivity index (χ2v) is 3.93. The van der Waals surface area contributed by atoms with Crippen LogP contribution in [-0.4, -0.2) is 36.6 Å². The molecule has 0 aliphatic rings. The van der Waals surface area contributed by atoms with Crippen LogP contribution in [0.25, 0.3) is 0 Å². The number of phenols is 1. The number of halogens is 1. The molecule has 0 radical (unpaired) electrons. The third-order valence-corrected chi connectivity index (χ3v) is 2.53. The van der Waals surface area contributed by atoms with E-state index in [0.717, 1.165) is 6.07 Å². The van der Waals surface area contributed by atoms with Gasteiger partial charge in [0.1, 0.15) is 11.6 Å². The minimum atomic E-state index is -0.478. The largest absolute Gasteiger partial charge is 0.508 e. The molecule has 96 valence electrons. The fourth-order valence-corrected chi connectivity index (χ4v) is 1.68. The van der Waals surface area contributed by atoms with Crippen molar-refractivity contribution in [3.63, 3.8) is 0 Å². The molecule has 0 fully saturated rings. The first-order chi connectivity index (χ1) is 8.08. The highest BCUT2D eigenvalue weighted by atomic mass is 19.1. The highest BCUT2D eigenvalue weighted by Gasteiger charge is 2.15. The molecule has 1 aromatic rings. The molecule has 17 heavy (non-hydrogen) atoms. The summed E-state index contributed by atoms with van der Waals surface area (Å²) < 4.78 is 17.8. The normalized spacial score (nSPS) is 14.6. The first-order valence-electron chi connectivity index (χ1n) is 5.42. The summed E-state index contributed by atoms with van der Waals surface area (Å²) in [5, 5.41) is 21.8. The van der Waals surface area contributed by atoms with Crippen molar-refractivity contribution in [2.24, 2.45) is 0 Å². The van der Waals surface area contributed by atoms with Crippen LogP contribution in [0.4, 0.5) is 4.39 Å². The lowest BCUT2D eigenvalue weighted by atomic mass is 10.1. The number of ether oxygens (including phenoxy) is 1. The average Bonchev–Trinajstić information content (AvgIpc) is 2.28. The van der Waals surface area contributed by atoms with Crippen molar-refractivity contribution in [3.8, 4) is 5.75 Å². The van der Waals surface area contributed by atoms with Gasteiger partial charge in [-0.15, -0.1) is 0 Å². The molecule has 0 spiro atoms. The Morgan fingerprint density at radius 1 is 1.47 bits per heavy atom. The highest BCUT2D eigenvalue weighted by Crippen LogP contribution is 2.24. The lowest BCUT2D eigenvalue weighted by molar-refractivity contribution is 0.123. The maximum atomic E-state index is 12.8. The van der Waals surface area contributed by atoms with E-state index in [-0.39, 0.29) is 24.4 Å². The lowest BCUT2D eigenvalue weighted by Gasteiger charge is -2.22. The molecular weight excluding hydrogens is 225 g/mol. The molecule has 0 amide bonds. The molecule has 0 aromatic heterocycles. The second kappa shape index (κ2) is 6.54. The molecule has 4 nitrogen and oxygen atoms in total. The minimum Gasteiger partial charge on any atom is -0.508 e. The summed E-state index contributed by atoms with van der Waals surface area (Å²) in [6, 6.07) is 3.45. The molecule has 0 bridgehead atoms. The van der Waals surface area contributed by atoms with Crippen LogP contribution < -0.4 is 5.32 Å². The number of phenolic OH excluding ortho intramolecular Hbond substituents is 1. The van der Waals surface area contributed by atoms with Gasteiger partial charge < -0.3 is 20.3 Å². The van der Waals surface area contributed by atoms with Crippen LogP contribution in [-0.2, 0) is 4.74 Å². The van der Waals surface area contributed by atoms with Crippen molar-refractivity contribution < 1.29 is 19.3 Å². The Balaban J connectivity index is 2.71. The van der Waals surface area contributed by atoms with Gasteiger partial charge in [0.25, 0.3) is 0 Å². The van der Waals surface area contributed by atoms with Crippen molar-refractivity contribution in [3.05, 3.63) is 29.6 Å². The average molecular weight is 243 g/mol. The zero-order valence-corrected chi connectivity index (χ0v) is 9.98. The number of aliphatic hydroxyl groups is 1. The van der Waals surface area contributed by atoms with Gasteiger partial charge in [-0.1, -0.05) is 6.07 Å². The highest BCUT2D eigenvalue weighted by molar-refractivity contribution is 5.34. The predicted molar refractivity (Wildman–Crippen MR) is 62.4 cm³/mol. The first kappa shape index (κ1) is 13.9. The number of nitrogens with one attached hydrogen (secondary N) is 1. The van der Waals surface area contributed by atoms with Crippen LogP contribution in [0.5, 0.6) is 5.75 Å². The van der Waals surface area contributed by atoms with Crippen molar-refractivity contribution in [1.29, 1.82) is 0 Å². The Morgan fingerprint density at radius 2 is 2.18 bits per heavy atom. The number of methoxy groups -OCH3 is 1. The topological polar surface area (TPSA) is 61.7 Å². The van der Waals surface area contributed by atoms with Crippen LogP contribution in [0.2, 0.25) is 0 Å². The molecule has 0 aliphatic heterocycles. The third-order valence-electron chi connectivity index (χ3n) is 2.53. The number of aliphatic hydroxyl groups excluding tert-OH is 1. The Hall–Kier alpha value is -1.17. The van der Waals surface area contributed by atoms with Crippen molar-refractivity contribution in [2.75, 3.05) is 20.3 Å². The number of benzene rings is 1. The van der Waals surface area contributed by atoms with Crippen LogP contribution in [0, 0.1) is 5.82 Å². The van der Waals surface area contributed by atoms with Gasteiger partial charge in [0, 0.05) is 24.8 Å². The van der Waals surface area contributed by atoms with Gasteiger partial charge in [-0.2, -0.15) is 0 Å².